The fraction of sp³-hybridized carbons (Fsp3) is 0.105. The number of rotatable bonds is 3. The number of anilines is 1. The molecule has 0 unspecified atom stereocenters. The molecule has 1 aromatic heterocycles. The summed E-state index contributed by atoms with van der Waals surface area (Å²) in [7, 11) is 4.11. The van der Waals surface area contributed by atoms with Crippen LogP contribution in [0.4, 0.5) is 5.69 Å². The number of thiophene rings is 1. The number of benzene rings is 2. The topological polar surface area (TPSA) is 27.0 Å². The lowest BCUT2D eigenvalue weighted by Crippen LogP contribution is -2.09. The number of nitrogens with zero attached hydrogens (tertiary/aromatic N) is 2. The minimum absolute atomic E-state index is 0.683. The first-order valence-electron chi connectivity index (χ1n) is 7.16. The maximum absolute atomic E-state index is 8.92. The molecule has 3 rings (SSSR count). The monoisotopic (exact) mass is 382 g/mol. The Morgan fingerprint density at radius 1 is 1.00 bits per heavy atom. The summed E-state index contributed by atoms with van der Waals surface area (Å²) in [6.45, 7) is 0. The van der Waals surface area contributed by atoms with E-state index in [0.717, 1.165) is 9.35 Å². The number of nitriles is 1. The smallest absolute Gasteiger partial charge is 0.0991 e. The van der Waals surface area contributed by atoms with Crippen LogP contribution in [0.5, 0.6) is 0 Å². The van der Waals surface area contributed by atoms with Crippen LogP contribution in [0.15, 0.2) is 58.4 Å². The van der Waals surface area contributed by atoms with Crippen LogP contribution in [0.2, 0.25) is 0 Å². The van der Waals surface area contributed by atoms with Crippen molar-refractivity contribution in [1.29, 1.82) is 5.26 Å². The van der Waals surface area contributed by atoms with Crippen LogP contribution < -0.4 is 4.90 Å². The Bertz CT molecular complexity index is 873. The highest BCUT2D eigenvalue weighted by Crippen LogP contribution is 2.43. The molecule has 0 amide bonds. The fourth-order valence-corrected chi connectivity index (χ4v) is 4.25. The van der Waals surface area contributed by atoms with E-state index in [-0.39, 0.29) is 0 Å². The zero-order valence-electron chi connectivity index (χ0n) is 12.9. The highest BCUT2D eigenvalue weighted by atomic mass is 79.9. The van der Waals surface area contributed by atoms with E-state index in [1.54, 1.807) is 11.3 Å². The van der Waals surface area contributed by atoms with Gasteiger partial charge in [0.1, 0.15) is 0 Å². The van der Waals surface area contributed by atoms with E-state index in [1.165, 1.54) is 21.7 Å². The Hall–Kier alpha value is -2.09. The molecule has 2 nitrogen and oxygen atoms in total. The standard InChI is InChI=1S/C19H15BrN2S/c1-22(2)17-6-4-3-5-15(17)16-11-18(23-19(16)20)14-9-7-13(12-21)8-10-14/h3-11H,1-2H3. The average molecular weight is 383 g/mol. The molecule has 0 saturated heterocycles. The number of hydrogen-bond donors (Lipinski definition) is 0. The molecule has 0 N–H and O–H groups in total. The van der Waals surface area contributed by atoms with Crippen LogP contribution in [0.3, 0.4) is 0 Å². The first-order valence-corrected chi connectivity index (χ1v) is 8.77. The molecule has 0 fully saturated rings. The van der Waals surface area contributed by atoms with Gasteiger partial charge in [0, 0.05) is 35.8 Å². The third-order valence-corrected chi connectivity index (χ3v) is 5.55. The van der Waals surface area contributed by atoms with Gasteiger partial charge in [0.05, 0.1) is 15.4 Å². The second-order valence-electron chi connectivity index (χ2n) is 5.40. The zero-order valence-corrected chi connectivity index (χ0v) is 15.3. The van der Waals surface area contributed by atoms with Gasteiger partial charge in [-0.05, 0) is 45.8 Å². The molecule has 0 radical (unpaired) electrons. The van der Waals surface area contributed by atoms with Crippen molar-refractivity contribution < 1.29 is 0 Å². The van der Waals surface area contributed by atoms with Crippen molar-refractivity contribution in [3.05, 3.63) is 63.9 Å². The minimum atomic E-state index is 0.683. The van der Waals surface area contributed by atoms with Gasteiger partial charge in [0.15, 0.2) is 0 Å². The summed E-state index contributed by atoms with van der Waals surface area (Å²) in [5.41, 5.74) is 5.40. The summed E-state index contributed by atoms with van der Waals surface area (Å²) in [5.74, 6) is 0. The lowest BCUT2D eigenvalue weighted by molar-refractivity contribution is 1.13. The molecule has 0 aliphatic carbocycles. The van der Waals surface area contributed by atoms with Gasteiger partial charge >= 0.3 is 0 Å². The van der Waals surface area contributed by atoms with E-state index in [2.05, 4.69) is 71.3 Å². The van der Waals surface area contributed by atoms with Crippen LogP contribution in [0.1, 0.15) is 5.56 Å². The average Bonchev–Trinajstić information content (AvgIpc) is 2.96. The summed E-state index contributed by atoms with van der Waals surface area (Å²) in [6, 6.07) is 20.5. The largest absolute Gasteiger partial charge is 0.377 e. The first kappa shape index (κ1) is 15.8. The second-order valence-corrected chi connectivity index (χ2v) is 7.77. The Morgan fingerprint density at radius 2 is 1.70 bits per heavy atom. The van der Waals surface area contributed by atoms with E-state index >= 15 is 0 Å². The maximum atomic E-state index is 8.92. The Kier molecular flexibility index (Phi) is 4.51. The second kappa shape index (κ2) is 6.57. The molecular weight excluding hydrogens is 368 g/mol. The van der Waals surface area contributed by atoms with Gasteiger partial charge in [-0.25, -0.2) is 0 Å². The molecule has 0 aliphatic heterocycles. The number of hydrogen-bond acceptors (Lipinski definition) is 3. The van der Waals surface area contributed by atoms with Crippen molar-refractivity contribution in [2.75, 3.05) is 19.0 Å². The lowest BCUT2D eigenvalue weighted by Gasteiger charge is -2.17. The van der Waals surface area contributed by atoms with Crippen molar-refractivity contribution in [2.45, 2.75) is 0 Å². The normalized spacial score (nSPS) is 10.3. The number of halogens is 1. The van der Waals surface area contributed by atoms with Gasteiger partial charge in [-0.15, -0.1) is 11.3 Å². The summed E-state index contributed by atoms with van der Waals surface area (Å²) in [5, 5.41) is 8.92. The first-order chi connectivity index (χ1) is 11.1. The lowest BCUT2D eigenvalue weighted by atomic mass is 10.0. The Balaban J connectivity index is 2.07. The van der Waals surface area contributed by atoms with Crippen LogP contribution >= 0.6 is 27.3 Å². The summed E-state index contributed by atoms with van der Waals surface area (Å²) in [6.07, 6.45) is 0. The van der Waals surface area contributed by atoms with Crippen LogP contribution in [-0.4, -0.2) is 14.1 Å². The van der Waals surface area contributed by atoms with E-state index < -0.39 is 0 Å². The number of para-hydroxylation sites is 1. The molecule has 0 spiro atoms. The van der Waals surface area contributed by atoms with Crippen molar-refractivity contribution in [1.82, 2.24) is 0 Å². The quantitative estimate of drug-likeness (QED) is 0.573. The van der Waals surface area contributed by atoms with Gasteiger partial charge in [0.2, 0.25) is 0 Å². The molecule has 0 saturated carbocycles. The van der Waals surface area contributed by atoms with Gasteiger partial charge in [-0.3, -0.25) is 0 Å². The highest BCUT2D eigenvalue weighted by molar-refractivity contribution is 9.11. The van der Waals surface area contributed by atoms with Crippen LogP contribution in [0, 0.1) is 11.3 Å². The van der Waals surface area contributed by atoms with Crippen molar-refractivity contribution >= 4 is 33.0 Å². The van der Waals surface area contributed by atoms with Crippen molar-refractivity contribution in [2.24, 2.45) is 0 Å². The van der Waals surface area contributed by atoms with Gasteiger partial charge < -0.3 is 4.90 Å². The molecule has 0 atom stereocenters. The van der Waals surface area contributed by atoms with Gasteiger partial charge in [-0.2, -0.15) is 5.26 Å². The van der Waals surface area contributed by atoms with Crippen molar-refractivity contribution in [3.63, 3.8) is 0 Å². The fourth-order valence-electron chi connectivity index (χ4n) is 2.50. The molecule has 1 heterocycles. The summed E-state index contributed by atoms with van der Waals surface area (Å²) < 4.78 is 1.12. The van der Waals surface area contributed by atoms with Gasteiger partial charge in [0.25, 0.3) is 0 Å². The molecule has 2 aromatic carbocycles. The Morgan fingerprint density at radius 3 is 2.35 bits per heavy atom. The van der Waals surface area contributed by atoms with Crippen LogP contribution in [0.25, 0.3) is 21.6 Å². The molecule has 3 aromatic rings. The van der Waals surface area contributed by atoms with Gasteiger partial charge in [-0.1, -0.05) is 30.3 Å². The predicted molar refractivity (Wildman–Crippen MR) is 102 cm³/mol. The summed E-state index contributed by atoms with van der Waals surface area (Å²) >= 11 is 5.42. The molecule has 114 valence electrons. The van der Waals surface area contributed by atoms with E-state index in [0.29, 0.717) is 5.56 Å². The molecule has 4 heteroatoms. The van der Waals surface area contributed by atoms with Crippen molar-refractivity contribution in [3.8, 4) is 27.6 Å². The van der Waals surface area contributed by atoms with E-state index in [9.17, 15) is 0 Å². The molecule has 23 heavy (non-hydrogen) atoms. The van der Waals surface area contributed by atoms with E-state index in [4.69, 9.17) is 5.26 Å². The minimum Gasteiger partial charge on any atom is -0.377 e. The Labute approximate surface area is 148 Å². The molecular formula is C19H15BrN2S. The maximum Gasteiger partial charge on any atom is 0.0991 e. The highest BCUT2D eigenvalue weighted by Gasteiger charge is 2.14. The van der Waals surface area contributed by atoms with Crippen LogP contribution in [-0.2, 0) is 0 Å². The molecule has 0 aliphatic rings. The van der Waals surface area contributed by atoms with E-state index in [1.807, 2.05) is 24.3 Å². The predicted octanol–water partition coefficient (Wildman–Crippen LogP) is 5.78. The zero-order chi connectivity index (χ0) is 16.4. The third-order valence-electron chi connectivity index (χ3n) is 3.66. The summed E-state index contributed by atoms with van der Waals surface area (Å²) in [4.78, 5) is 3.31. The third kappa shape index (κ3) is 3.17. The SMILES string of the molecule is CN(C)c1ccccc1-c1cc(-c2ccc(C#N)cc2)sc1Br. The molecule has 0 bridgehead atoms.